The fraction of sp³-hybridized carbons (Fsp3) is 0.143. The number of nitrogens with one attached hydrogen (secondary N) is 1. The first-order valence-electron chi connectivity index (χ1n) is 8.38. The van der Waals surface area contributed by atoms with Crippen LogP contribution in [0, 0.1) is 6.92 Å². The summed E-state index contributed by atoms with van der Waals surface area (Å²) >= 11 is 0. The highest BCUT2D eigenvalue weighted by Gasteiger charge is 2.20. The maximum absolute atomic E-state index is 12.2. The van der Waals surface area contributed by atoms with E-state index in [9.17, 15) is 8.42 Å². The average Bonchev–Trinajstić information content (AvgIpc) is 2.63. The lowest BCUT2D eigenvalue weighted by Crippen LogP contribution is -2.14. The molecule has 0 bridgehead atoms. The van der Waals surface area contributed by atoms with E-state index in [4.69, 9.17) is 5.14 Å². The second-order valence-corrected chi connectivity index (χ2v) is 7.74. The minimum atomic E-state index is -3.84. The lowest BCUT2D eigenvalue weighted by Gasteiger charge is -2.19. The van der Waals surface area contributed by atoms with E-state index in [1.807, 2.05) is 62.5 Å². The molecule has 0 aromatic heterocycles. The monoisotopic (exact) mass is 366 g/mol. The van der Waals surface area contributed by atoms with E-state index in [2.05, 4.69) is 11.4 Å². The number of hydrogen-bond acceptors (Lipinski definition) is 3. The van der Waals surface area contributed by atoms with Gasteiger partial charge in [0.1, 0.15) is 0 Å². The number of primary sulfonamides is 1. The van der Waals surface area contributed by atoms with Gasteiger partial charge >= 0.3 is 0 Å². The van der Waals surface area contributed by atoms with E-state index in [0.29, 0.717) is 12.1 Å². The predicted octanol–water partition coefficient (Wildman–Crippen LogP) is 3.70. The number of hydrogen-bond donors (Lipinski definition) is 2. The molecule has 0 aliphatic rings. The van der Waals surface area contributed by atoms with Gasteiger partial charge in [0.15, 0.2) is 0 Å². The van der Waals surface area contributed by atoms with E-state index in [0.717, 1.165) is 27.8 Å². The van der Waals surface area contributed by atoms with E-state index in [1.165, 1.54) is 0 Å². The van der Waals surface area contributed by atoms with Crippen molar-refractivity contribution in [2.45, 2.75) is 18.4 Å². The summed E-state index contributed by atoms with van der Waals surface area (Å²) in [7, 11) is -1.95. The van der Waals surface area contributed by atoms with E-state index < -0.39 is 10.0 Å². The second-order valence-electron chi connectivity index (χ2n) is 6.21. The Morgan fingerprint density at radius 3 is 2.19 bits per heavy atom. The maximum atomic E-state index is 12.2. The molecule has 0 saturated heterocycles. The third-order valence-corrected chi connectivity index (χ3v) is 5.46. The topological polar surface area (TPSA) is 72.2 Å². The molecule has 0 aliphatic heterocycles. The van der Waals surface area contributed by atoms with Crippen LogP contribution in [0.4, 0.5) is 0 Å². The molecule has 26 heavy (non-hydrogen) atoms. The first kappa shape index (κ1) is 18.3. The largest absolute Gasteiger partial charge is 0.316 e. The Kier molecular flexibility index (Phi) is 5.23. The average molecular weight is 366 g/mol. The molecule has 3 rings (SSSR count). The summed E-state index contributed by atoms with van der Waals surface area (Å²) in [6, 6.07) is 21.0. The zero-order chi connectivity index (χ0) is 18.7. The van der Waals surface area contributed by atoms with Gasteiger partial charge in [0, 0.05) is 12.1 Å². The second kappa shape index (κ2) is 7.41. The van der Waals surface area contributed by atoms with Gasteiger partial charge in [-0.3, -0.25) is 0 Å². The Labute approximate surface area is 154 Å². The summed E-state index contributed by atoms with van der Waals surface area (Å²) in [5, 5.41) is 8.66. The van der Waals surface area contributed by atoms with Crippen LogP contribution >= 0.6 is 0 Å². The zero-order valence-corrected chi connectivity index (χ0v) is 15.7. The van der Waals surface area contributed by atoms with Crippen LogP contribution in [0.1, 0.15) is 11.1 Å². The summed E-state index contributed by atoms with van der Waals surface area (Å²) in [5.74, 6) is 0. The van der Waals surface area contributed by atoms with Gasteiger partial charge in [-0.1, -0.05) is 60.7 Å². The number of nitrogens with two attached hydrogens (primary N) is 1. The summed E-state index contributed by atoms with van der Waals surface area (Å²) in [5.41, 5.74) is 5.70. The molecular weight excluding hydrogens is 344 g/mol. The highest BCUT2D eigenvalue weighted by atomic mass is 32.2. The van der Waals surface area contributed by atoms with Gasteiger partial charge in [-0.25, -0.2) is 13.6 Å². The summed E-state index contributed by atoms with van der Waals surface area (Å²) < 4.78 is 24.3. The molecule has 0 atom stereocenters. The van der Waals surface area contributed by atoms with Gasteiger partial charge in [0.25, 0.3) is 0 Å². The number of benzene rings is 3. The lowest BCUT2D eigenvalue weighted by atomic mass is 9.88. The van der Waals surface area contributed by atoms with E-state index in [1.54, 1.807) is 12.1 Å². The standard InChI is InChI=1S/C21H22N2O2S/c1-15-17(14-23-2)12-13-18(16-8-4-3-5-9-16)21(15)19-10-6-7-11-20(19)26(22,24)25/h3-13,23H,14H2,1-2H3,(H2,22,24,25). The van der Waals surface area contributed by atoms with Crippen molar-refractivity contribution in [2.24, 2.45) is 5.14 Å². The first-order chi connectivity index (χ1) is 12.4. The molecule has 4 nitrogen and oxygen atoms in total. The van der Waals surface area contributed by atoms with E-state index in [-0.39, 0.29) is 4.90 Å². The molecule has 3 N–H and O–H groups in total. The van der Waals surface area contributed by atoms with Crippen molar-refractivity contribution < 1.29 is 8.42 Å². The SMILES string of the molecule is CNCc1ccc(-c2ccccc2)c(-c2ccccc2S(N)(=O)=O)c1C. The summed E-state index contributed by atoms with van der Waals surface area (Å²) in [4.78, 5) is 0.141. The zero-order valence-electron chi connectivity index (χ0n) is 14.9. The van der Waals surface area contributed by atoms with Gasteiger partial charge in [0.2, 0.25) is 10.0 Å². The Morgan fingerprint density at radius 1 is 0.885 bits per heavy atom. The third-order valence-electron chi connectivity index (χ3n) is 4.49. The van der Waals surface area contributed by atoms with Crippen LogP contribution in [0.5, 0.6) is 0 Å². The number of sulfonamides is 1. The molecule has 0 spiro atoms. The molecule has 0 heterocycles. The highest BCUT2D eigenvalue weighted by Crippen LogP contribution is 2.39. The maximum Gasteiger partial charge on any atom is 0.238 e. The summed E-state index contributed by atoms with van der Waals surface area (Å²) in [6.07, 6.45) is 0. The van der Waals surface area contributed by atoms with Crippen LogP contribution in [0.2, 0.25) is 0 Å². The Balaban J connectivity index is 2.38. The quantitative estimate of drug-likeness (QED) is 0.723. The molecule has 134 valence electrons. The van der Waals surface area contributed by atoms with Crippen LogP contribution in [0.3, 0.4) is 0 Å². The van der Waals surface area contributed by atoms with E-state index >= 15 is 0 Å². The van der Waals surface area contributed by atoms with Crippen LogP contribution < -0.4 is 10.5 Å². The minimum Gasteiger partial charge on any atom is -0.316 e. The molecule has 0 saturated carbocycles. The molecule has 0 aliphatic carbocycles. The Bertz CT molecular complexity index is 1030. The fourth-order valence-corrected chi connectivity index (χ4v) is 4.01. The summed E-state index contributed by atoms with van der Waals surface area (Å²) in [6.45, 7) is 2.72. The highest BCUT2D eigenvalue weighted by molar-refractivity contribution is 7.89. The molecule has 5 heteroatoms. The minimum absolute atomic E-state index is 0.141. The molecule has 3 aromatic carbocycles. The molecular formula is C21H22N2O2S. The first-order valence-corrected chi connectivity index (χ1v) is 9.93. The fourth-order valence-electron chi connectivity index (χ4n) is 3.26. The van der Waals surface area contributed by atoms with Crippen molar-refractivity contribution in [3.8, 4) is 22.3 Å². The van der Waals surface area contributed by atoms with Gasteiger partial charge in [0.05, 0.1) is 4.90 Å². The van der Waals surface area contributed by atoms with Gasteiger partial charge in [-0.05, 0) is 47.9 Å². The van der Waals surface area contributed by atoms with Crippen molar-refractivity contribution >= 4 is 10.0 Å². The van der Waals surface area contributed by atoms with Gasteiger partial charge in [-0.2, -0.15) is 0 Å². The smallest absolute Gasteiger partial charge is 0.238 e. The van der Waals surface area contributed by atoms with Crippen molar-refractivity contribution in [2.75, 3.05) is 7.05 Å². The predicted molar refractivity (Wildman–Crippen MR) is 106 cm³/mol. The van der Waals surface area contributed by atoms with Crippen molar-refractivity contribution in [1.29, 1.82) is 0 Å². The lowest BCUT2D eigenvalue weighted by molar-refractivity contribution is 0.598. The van der Waals surface area contributed by atoms with Gasteiger partial charge in [-0.15, -0.1) is 0 Å². The van der Waals surface area contributed by atoms with Crippen LogP contribution in [-0.2, 0) is 16.6 Å². The van der Waals surface area contributed by atoms with Crippen molar-refractivity contribution in [3.05, 3.63) is 77.9 Å². The van der Waals surface area contributed by atoms with Crippen molar-refractivity contribution in [3.63, 3.8) is 0 Å². The van der Waals surface area contributed by atoms with Gasteiger partial charge < -0.3 is 5.32 Å². The normalized spacial score (nSPS) is 11.5. The number of rotatable bonds is 5. The molecule has 0 unspecified atom stereocenters. The molecule has 0 fully saturated rings. The molecule has 3 aromatic rings. The van der Waals surface area contributed by atoms with Crippen LogP contribution in [-0.4, -0.2) is 15.5 Å². The van der Waals surface area contributed by atoms with Crippen LogP contribution in [0.15, 0.2) is 71.6 Å². The molecule has 0 amide bonds. The Hall–Kier alpha value is -2.47. The third kappa shape index (κ3) is 3.55. The Morgan fingerprint density at radius 2 is 1.54 bits per heavy atom. The van der Waals surface area contributed by atoms with Crippen molar-refractivity contribution in [1.82, 2.24) is 5.32 Å². The van der Waals surface area contributed by atoms with Crippen LogP contribution in [0.25, 0.3) is 22.3 Å². The molecule has 0 radical (unpaired) electrons.